The number of alkyl halides is 3. The minimum atomic E-state index is -5.13. The molecule has 9 heteroatoms. The van der Waals surface area contributed by atoms with Gasteiger partial charge in [-0.05, 0) is 31.1 Å². The Labute approximate surface area is 226 Å². The predicted octanol–water partition coefficient (Wildman–Crippen LogP) is 5.56. The molecule has 0 N–H and O–H groups in total. The largest absolute Gasteiger partial charge is 0.463 e. The fourth-order valence-corrected chi connectivity index (χ4v) is 8.89. The molecule has 7 atom stereocenters. The highest BCUT2D eigenvalue weighted by molar-refractivity contribution is 6.09. The molecule has 2 saturated carbocycles. The first-order valence-electron chi connectivity index (χ1n) is 13.7. The third-order valence-electron chi connectivity index (χ3n) is 10.6. The molecule has 2 spiro atoms. The third kappa shape index (κ3) is 3.71. The lowest BCUT2D eigenvalue weighted by atomic mass is 9.41. The first-order chi connectivity index (χ1) is 18.1. The Bertz CT molecular complexity index is 1180. The van der Waals surface area contributed by atoms with E-state index in [2.05, 4.69) is 0 Å². The number of carbonyl (C=O) groups excluding carboxylic acids is 3. The zero-order chi connectivity index (χ0) is 28.6. The monoisotopic (exact) mass is 550 g/mol. The topological polar surface area (TPSA) is 78.9 Å². The van der Waals surface area contributed by atoms with Gasteiger partial charge >= 0.3 is 12.1 Å². The van der Waals surface area contributed by atoms with E-state index in [9.17, 15) is 27.6 Å². The Hall–Kier alpha value is -2.26. The maximum atomic E-state index is 15.0. The van der Waals surface area contributed by atoms with Crippen LogP contribution in [0, 0.1) is 28.6 Å². The highest BCUT2D eigenvalue weighted by atomic mass is 19.4. The second-order valence-electron chi connectivity index (χ2n) is 13.0. The van der Waals surface area contributed by atoms with Gasteiger partial charge < -0.3 is 14.2 Å². The lowest BCUT2D eigenvalue weighted by molar-refractivity contribution is -0.274. The Morgan fingerprint density at radius 1 is 1.03 bits per heavy atom. The second-order valence-corrected chi connectivity index (χ2v) is 13.0. The van der Waals surface area contributed by atoms with Crippen molar-refractivity contribution in [3.8, 4) is 0 Å². The lowest BCUT2D eigenvalue weighted by Crippen LogP contribution is -2.71. The number of ketones is 2. The molecule has 0 aromatic heterocycles. The van der Waals surface area contributed by atoms with E-state index in [1.807, 2.05) is 20.8 Å². The smallest absolute Gasteiger partial charge is 0.429 e. The Morgan fingerprint density at radius 2 is 1.69 bits per heavy atom. The molecule has 214 valence electrons. The number of rotatable bonds is 4. The van der Waals surface area contributed by atoms with E-state index in [1.54, 1.807) is 13.0 Å². The number of carbonyl (C=O) groups is 3. The Kier molecular flexibility index (Phi) is 6.43. The summed E-state index contributed by atoms with van der Waals surface area (Å²) in [4.78, 5) is 41.0. The summed E-state index contributed by atoms with van der Waals surface area (Å²) < 4.78 is 62.3. The van der Waals surface area contributed by atoms with Crippen molar-refractivity contribution in [3.63, 3.8) is 0 Å². The van der Waals surface area contributed by atoms with Crippen LogP contribution in [-0.2, 0) is 34.2 Å². The van der Waals surface area contributed by atoms with Gasteiger partial charge in [0.05, 0.1) is 17.9 Å². The van der Waals surface area contributed by atoms with Gasteiger partial charge in [-0.25, -0.2) is 0 Å². The third-order valence-corrected chi connectivity index (χ3v) is 10.6. The average molecular weight is 551 g/mol. The van der Waals surface area contributed by atoms with Crippen LogP contribution in [0.4, 0.5) is 13.2 Å². The summed E-state index contributed by atoms with van der Waals surface area (Å²) >= 11 is 0. The zero-order valence-corrected chi connectivity index (χ0v) is 23.2. The van der Waals surface area contributed by atoms with Gasteiger partial charge in [0.1, 0.15) is 18.0 Å². The van der Waals surface area contributed by atoms with Crippen LogP contribution in [0.3, 0.4) is 0 Å². The SMILES string of the molecule is CO[C@@](C(=O)[C@H]1C(=O)[C@H]2C(C)(C)CCC[C@]2(C)[C@@]2(CC[C@]3(COC(=O)C3)O2)[C@H]1C)(c1ccccc1)C(F)(F)F. The molecule has 2 saturated heterocycles. The fraction of sp³-hybridized carbons (Fsp3) is 0.700. The number of benzene rings is 1. The van der Waals surface area contributed by atoms with E-state index in [-0.39, 0.29) is 24.6 Å². The van der Waals surface area contributed by atoms with Gasteiger partial charge in [-0.3, -0.25) is 14.4 Å². The zero-order valence-electron chi connectivity index (χ0n) is 23.2. The summed E-state index contributed by atoms with van der Waals surface area (Å²) in [6.07, 6.45) is -2.04. The number of methoxy groups -OCH3 is 1. The fourth-order valence-electron chi connectivity index (χ4n) is 8.89. The second kappa shape index (κ2) is 8.87. The van der Waals surface area contributed by atoms with Gasteiger partial charge in [0, 0.05) is 29.9 Å². The average Bonchev–Trinajstić information content (AvgIpc) is 3.41. The molecule has 5 rings (SSSR count). The Morgan fingerprint density at radius 3 is 2.26 bits per heavy atom. The molecule has 0 unspecified atom stereocenters. The Balaban J connectivity index is 1.70. The molecule has 0 amide bonds. The number of esters is 1. The van der Waals surface area contributed by atoms with Crippen molar-refractivity contribution >= 4 is 17.5 Å². The van der Waals surface area contributed by atoms with Crippen molar-refractivity contribution in [1.82, 2.24) is 0 Å². The van der Waals surface area contributed by atoms with Crippen LogP contribution in [-0.4, -0.2) is 48.6 Å². The number of cyclic esters (lactones) is 1. The van der Waals surface area contributed by atoms with Gasteiger partial charge in [0.15, 0.2) is 5.78 Å². The van der Waals surface area contributed by atoms with Crippen LogP contribution < -0.4 is 0 Å². The standard InChI is InChI=1S/C30H37F3O6/c1-18-21(24(36)29(37-5,30(31,32)33)19-10-7-6-8-11-19)22(35)23-25(2,3)12-9-13-26(23,4)28(18)15-14-27(39-28)16-20(34)38-17-27/h6-8,10-11,18,21,23H,9,12-17H2,1-5H3/t18-,21+,23-,26-,27-,28+,29+/m0/s1. The van der Waals surface area contributed by atoms with E-state index in [0.717, 1.165) is 13.5 Å². The summed E-state index contributed by atoms with van der Waals surface area (Å²) in [6.45, 7) is 7.63. The van der Waals surface area contributed by atoms with Crippen molar-refractivity contribution in [1.29, 1.82) is 0 Å². The number of ether oxygens (including phenoxy) is 3. The quantitative estimate of drug-likeness (QED) is 0.361. The summed E-state index contributed by atoms with van der Waals surface area (Å²) in [6, 6.07) is 6.80. The van der Waals surface area contributed by atoms with Gasteiger partial charge in [-0.1, -0.05) is 64.4 Å². The molecule has 2 aliphatic heterocycles. The number of hydrogen-bond donors (Lipinski definition) is 0. The number of hydrogen-bond acceptors (Lipinski definition) is 6. The molecule has 6 nitrogen and oxygen atoms in total. The van der Waals surface area contributed by atoms with Crippen molar-refractivity contribution < 1.29 is 41.8 Å². The van der Waals surface area contributed by atoms with E-state index in [0.29, 0.717) is 25.7 Å². The molecule has 2 aliphatic carbocycles. The molecule has 1 aromatic carbocycles. The molecule has 1 aromatic rings. The maximum absolute atomic E-state index is 15.0. The van der Waals surface area contributed by atoms with Crippen molar-refractivity contribution in [2.45, 2.75) is 89.2 Å². The molecule has 2 heterocycles. The number of fused-ring (bicyclic) bond motifs is 2. The summed E-state index contributed by atoms with van der Waals surface area (Å²) in [7, 11) is 0.864. The molecule has 4 aliphatic rings. The number of halogens is 3. The lowest BCUT2D eigenvalue weighted by Gasteiger charge is -2.64. The highest BCUT2D eigenvalue weighted by Gasteiger charge is 2.75. The van der Waals surface area contributed by atoms with E-state index in [1.165, 1.54) is 24.3 Å². The van der Waals surface area contributed by atoms with Crippen LogP contribution in [0.2, 0.25) is 0 Å². The van der Waals surface area contributed by atoms with Crippen molar-refractivity contribution in [2.24, 2.45) is 28.6 Å². The first kappa shape index (κ1) is 28.3. The van der Waals surface area contributed by atoms with Gasteiger partial charge in [-0.2, -0.15) is 13.2 Å². The van der Waals surface area contributed by atoms with Crippen LogP contribution in [0.1, 0.15) is 71.8 Å². The first-order valence-corrected chi connectivity index (χ1v) is 13.7. The van der Waals surface area contributed by atoms with Crippen LogP contribution in [0.25, 0.3) is 0 Å². The normalized spacial score (nSPS) is 39.4. The van der Waals surface area contributed by atoms with Crippen molar-refractivity contribution in [2.75, 3.05) is 13.7 Å². The maximum Gasteiger partial charge on any atom is 0.429 e. The molecular formula is C30H37F3O6. The summed E-state index contributed by atoms with van der Waals surface area (Å²) in [5.74, 6) is -5.39. The van der Waals surface area contributed by atoms with Crippen LogP contribution in [0.5, 0.6) is 0 Å². The van der Waals surface area contributed by atoms with Crippen LogP contribution >= 0.6 is 0 Å². The number of Topliss-reactive ketones (excluding diaryl/α,β-unsaturated/α-hetero) is 2. The molecule has 39 heavy (non-hydrogen) atoms. The van der Waals surface area contributed by atoms with E-state index >= 15 is 0 Å². The highest BCUT2D eigenvalue weighted by Crippen LogP contribution is 2.69. The van der Waals surface area contributed by atoms with Crippen molar-refractivity contribution in [3.05, 3.63) is 35.9 Å². The molecular weight excluding hydrogens is 513 g/mol. The minimum absolute atomic E-state index is 0.0484. The summed E-state index contributed by atoms with van der Waals surface area (Å²) in [5.41, 5.74) is -7.00. The molecule has 0 bridgehead atoms. The van der Waals surface area contributed by atoms with Gasteiger partial charge in [0.2, 0.25) is 5.60 Å². The van der Waals surface area contributed by atoms with Gasteiger partial charge in [-0.15, -0.1) is 0 Å². The minimum Gasteiger partial charge on any atom is -0.463 e. The molecule has 4 fully saturated rings. The predicted molar refractivity (Wildman–Crippen MR) is 134 cm³/mol. The summed E-state index contributed by atoms with van der Waals surface area (Å²) in [5, 5.41) is 0. The van der Waals surface area contributed by atoms with E-state index in [4.69, 9.17) is 14.2 Å². The van der Waals surface area contributed by atoms with Crippen LogP contribution in [0.15, 0.2) is 30.3 Å². The molecule has 0 radical (unpaired) electrons. The van der Waals surface area contributed by atoms with E-state index < -0.39 is 63.1 Å². The van der Waals surface area contributed by atoms with Gasteiger partial charge in [0.25, 0.3) is 0 Å².